The Kier molecular flexibility index (Phi) is 7.07. The Morgan fingerprint density at radius 3 is 2.35 bits per heavy atom. The fourth-order valence-electron chi connectivity index (χ4n) is 3.99. The predicted octanol–water partition coefficient (Wildman–Crippen LogP) is 4.16. The highest BCUT2D eigenvalue weighted by molar-refractivity contribution is 7.92. The summed E-state index contributed by atoms with van der Waals surface area (Å²) in [5.41, 5.74) is 2.97. The lowest BCUT2D eigenvalue weighted by Crippen LogP contribution is -2.35. The minimum Gasteiger partial charge on any atom is -0.497 e. The highest BCUT2D eigenvalue weighted by Gasteiger charge is 2.22. The van der Waals surface area contributed by atoms with Crippen molar-refractivity contribution in [1.29, 1.82) is 0 Å². The van der Waals surface area contributed by atoms with Crippen LogP contribution in [-0.2, 0) is 10.0 Å². The summed E-state index contributed by atoms with van der Waals surface area (Å²) in [4.78, 5) is 17.3. The molecule has 0 aliphatic carbocycles. The van der Waals surface area contributed by atoms with E-state index in [1.165, 1.54) is 12.1 Å². The Hall–Kier alpha value is -3.52. The average molecular weight is 480 g/mol. The zero-order valence-corrected chi connectivity index (χ0v) is 20.2. The Labute approximate surface area is 201 Å². The van der Waals surface area contributed by atoms with Gasteiger partial charge in [-0.25, -0.2) is 8.42 Å². The summed E-state index contributed by atoms with van der Waals surface area (Å²) in [6.45, 7) is 4.65. The molecule has 0 radical (unpaired) electrons. The predicted molar refractivity (Wildman–Crippen MR) is 134 cm³/mol. The molecule has 0 unspecified atom stereocenters. The van der Waals surface area contributed by atoms with Gasteiger partial charge < -0.3 is 14.5 Å². The summed E-state index contributed by atoms with van der Waals surface area (Å²) in [6, 6.07) is 21.2. The molecule has 0 bridgehead atoms. The Bertz CT molecular complexity index is 1240. The van der Waals surface area contributed by atoms with Gasteiger partial charge in [0.05, 0.1) is 12.0 Å². The molecule has 1 fully saturated rings. The minimum absolute atomic E-state index is 0.0635. The van der Waals surface area contributed by atoms with E-state index in [1.54, 1.807) is 36.3 Å². The SMILES string of the molecule is COc1ccc(N2CCCN(C(=O)c3cccc(S(=O)(=O)Nc4ccc(C)cc4)c3)CC2)cc1. The first kappa shape index (κ1) is 23.6. The van der Waals surface area contributed by atoms with Gasteiger partial charge in [0.1, 0.15) is 5.75 Å². The number of hydrogen-bond donors (Lipinski definition) is 1. The molecule has 0 aromatic heterocycles. The van der Waals surface area contributed by atoms with E-state index in [0.717, 1.165) is 30.0 Å². The van der Waals surface area contributed by atoms with Crippen LogP contribution in [0.25, 0.3) is 0 Å². The van der Waals surface area contributed by atoms with Crippen molar-refractivity contribution < 1.29 is 17.9 Å². The molecule has 7 nitrogen and oxygen atoms in total. The molecule has 3 aromatic rings. The fraction of sp³-hybridized carbons (Fsp3) is 0.269. The van der Waals surface area contributed by atoms with Crippen LogP contribution in [0.3, 0.4) is 0 Å². The van der Waals surface area contributed by atoms with Crippen molar-refractivity contribution >= 4 is 27.3 Å². The summed E-state index contributed by atoms with van der Waals surface area (Å²) in [5, 5.41) is 0. The quantitative estimate of drug-likeness (QED) is 0.575. The summed E-state index contributed by atoms with van der Waals surface area (Å²) in [7, 11) is -2.17. The van der Waals surface area contributed by atoms with Gasteiger partial charge in [-0.3, -0.25) is 9.52 Å². The van der Waals surface area contributed by atoms with Gasteiger partial charge >= 0.3 is 0 Å². The largest absolute Gasteiger partial charge is 0.497 e. The van der Waals surface area contributed by atoms with Gasteiger partial charge in [-0.2, -0.15) is 0 Å². The molecule has 1 saturated heterocycles. The van der Waals surface area contributed by atoms with Crippen LogP contribution in [0.1, 0.15) is 22.3 Å². The molecule has 1 heterocycles. The number of benzene rings is 3. The number of amides is 1. The molecule has 3 aromatic carbocycles. The molecule has 8 heteroatoms. The van der Waals surface area contributed by atoms with Crippen molar-refractivity contribution in [3.05, 3.63) is 83.9 Å². The average Bonchev–Trinajstić information content (AvgIpc) is 3.11. The lowest BCUT2D eigenvalue weighted by molar-refractivity contribution is 0.0767. The third-order valence-electron chi connectivity index (χ3n) is 5.92. The molecule has 1 aliphatic rings. The van der Waals surface area contributed by atoms with Gasteiger partial charge in [0.2, 0.25) is 0 Å². The summed E-state index contributed by atoms with van der Waals surface area (Å²) in [5.74, 6) is 0.644. The maximum absolute atomic E-state index is 13.2. The molecule has 1 amide bonds. The Morgan fingerprint density at radius 1 is 0.912 bits per heavy atom. The molecule has 4 rings (SSSR count). The third kappa shape index (κ3) is 5.51. The van der Waals surface area contributed by atoms with Crippen molar-refractivity contribution in [1.82, 2.24) is 4.90 Å². The van der Waals surface area contributed by atoms with Crippen LogP contribution >= 0.6 is 0 Å². The van der Waals surface area contributed by atoms with Gasteiger partial charge in [0, 0.05) is 43.1 Å². The number of carbonyl (C=O) groups excluding carboxylic acids is 1. The van der Waals surface area contributed by atoms with E-state index in [1.807, 2.05) is 43.3 Å². The van der Waals surface area contributed by atoms with Crippen molar-refractivity contribution in [2.45, 2.75) is 18.2 Å². The number of carbonyl (C=O) groups is 1. The minimum atomic E-state index is -3.81. The zero-order chi connectivity index (χ0) is 24.1. The Morgan fingerprint density at radius 2 is 1.65 bits per heavy atom. The summed E-state index contributed by atoms with van der Waals surface area (Å²) < 4.78 is 33.6. The lowest BCUT2D eigenvalue weighted by Gasteiger charge is -2.24. The number of methoxy groups -OCH3 is 1. The monoisotopic (exact) mass is 479 g/mol. The number of rotatable bonds is 6. The first-order chi connectivity index (χ1) is 16.4. The second-order valence-electron chi connectivity index (χ2n) is 8.33. The fourth-order valence-corrected chi connectivity index (χ4v) is 5.09. The van der Waals surface area contributed by atoms with Crippen LogP contribution in [0.15, 0.2) is 77.7 Å². The van der Waals surface area contributed by atoms with Crippen LogP contribution in [0.2, 0.25) is 0 Å². The van der Waals surface area contributed by atoms with Crippen molar-refractivity contribution in [2.75, 3.05) is 42.9 Å². The maximum atomic E-state index is 13.2. The van der Waals surface area contributed by atoms with Gasteiger partial charge in [0.15, 0.2) is 0 Å². The van der Waals surface area contributed by atoms with Crippen LogP contribution in [0, 0.1) is 6.92 Å². The molecule has 178 valence electrons. The van der Waals surface area contributed by atoms with Gasteiger partial charge in [-0.1, -0.05) is 23.8 Å². The number of anilines is 2. The van der Waals surface area contributed by atoms with Crippen molar-refractivity contribution in [3.63, 3.8) is 0 Å². The summed E-state index contributed by atoms with van der Waals surface area (Å²) >= 11 is 0. The van der Waals surface area contributed by atoms with Crippen LogP contribution in [-0.4, -0.2) is 52.5 Å². The van der Waals surface area contributed by atoms with Crippen LogP contribution in [0.5, 0.6) is 5.75 Å². The number of sulfonamides is 1. The zero-order valence-electron chi connectivity index (χ0n) is 19.4. The first-order valence-corrected chi connectivity index (χ1v) is 12.7. The molecule has 0 saturated carbocycles. The lowest BCUT2D eigenvalue weighted by atomic mass is 10.2. The standard InChI is InChI=1S/C26H29N3O4S/c1-20-7-9-22(10-8-20)27-34(31,32)25-6-3-5-21(19-25)26(30)29-16-4-15-28(17-18-29)23-11-13-24(33-2)14-12-23/h3,5-14,19,27H,4,15-18H2,1-2H3. The molecule has 1 aliphatic heterocycles. The van der Waals surface area contributed by atoms with E-state index >= 15 is 0 Å². The summed E-state index contributed by atoms with van der Waals surface area (Å²) in [6.07, 6.45) is 0.824. The number of ether oxygens (including phenoxy) is 1. The van der Waals surface area contributed by atoms with Gasteiger partial charge in [-0.15, -0.1) is 0 Å². The van der Waals surface area contributed by atoms with Gasteiger partial charge in [-0.05, 0) is 67.9 Å². The first-order valence-electron chi connectivity index (χ1n) is 11.2. The maximum Gasteiger partial charge on any atom is 0.261 e. The Balaban J connectivity index is 1.45. The van der Waals surface area contributed by atoms with E-state index in [-0.39, 0.29) is 10.8 Å². The third-order valence-corrected chi connectivity index (χ3v) is 7.29. The molecular weight excluding hydrogens is 450 g/mol. The van der Waals surface area contributed by atoms with Crippen molar-refractivity contribution in [2.24, 2.45) is 0 Å². The highest BCUT2D eigenvalue weighted by atomic mass is 32.2. The van der Waals surface area contributed by atoms with Crippen LogP contribution < -0.4 is 14.4 Å². The number of aryl methyl sites for hydroxylation is 1. The van der Waals surface area contributed by atoms with E-state index < -0.39 is 10.0 Å². The van der Waals surface area contributed by atoms with Crippen LogP contribution in [0.4, 0.5) is 11.4 Å². The topological polar surface area (TPSA) is 79.0 Å². The number of nitrogens with one attached hydrogen (secondary N) is 1. The highest BCUT2D eigenvalue weighted by Crippen LogP contribution is 2.22. The number of hydrogen-bond acceptors (Lipinski definition) is 5. The number of nitrogens with zero attached hydrogens (tertiary/aromatic N) is 2. The van der Waals surface area contributed by atoms with E-state index in [9.17, 15) is 13.2 Å². The second-order valence-corrected chi connectivity index (χ2v) is 10.0. The van der Waals surface area contributed by atoms with Crippen molar-refractivity contribution in [3.8, 4) is 5.75 Å². The second kappa shape index (κ2) is 10.2. The molecule has 1 N–H and O–H groups in total. The smallest absolute Gasteiger partial charge is 0.261 e. The van der Waals surface area contributed by atoms with E-state index in [4.69, 9.17) is 4.74 Å². The van der Waals surface area contributed by atoms with Gasteiger partial charge in [0.25, 0.3) is 15.9 Å². The van der Waals surface area contributed by atoms with E-state index in [2.05, 4.69) is 9.62 Å². The molecular formula is C26H29N3O4S. The van der Waals surface area contributed by atoms with E-state index in [0.29, 0.717) is 30.9 Å². The molecule has 0 atom stereocenters. The molecule has 0 spiro atoms. The normalized spacial score (nSPS) is 14.4. The molecule has 34 heavy (non-hydrogen) atoms.